The lowest BCUT2D eigenvalue weighted by atomic mass is 10.1. The second-order valence-electron chi connectivity index (χ2n) is 6.37. The van der Waals surface area contributed by atoms with Crippen LogP contribution in [0.5, 0.6) is 0 Å². The third kappa shape index (κ3) is 6.57. The number of hydrogen-bond acceptors (Lipinski definition) is 4. The minimum atomic E-state index is 0.236. The van der Waals surface area contributed by atoms with Gasteiger partial charge in [-0.1, -0.05) is 12.8 Å². The molecule has 2 heterocycles. The Bertz CT molecular complexity index is 298. The van der Waals surface area contributed by atoms with E-state index in [0.29, 0.717) is 12.6 Å². The van der Waals surface area contributed by atoms with Gasteiger partial charge in [0.2, 0.25) is 5.91 Å². The van der Waals surface area contributed by atoms with E-state index in [2.05, 4.69) is 21.4 Å². The molecule has 0 aromatic rings. The number of carbonyl (C=O) groups excluding carboxylic acids is 1. The topological polar surface area (TPSA) is 35.6 Å². The zero-order chi connectivity index (χ0) is 14.9. The molecule has 21 heavy (non-hydrogen) atoms. The number of piperidine rings is 1. The standard InChI is InChI=1S/C16H31N3OS/c1-21-13-12-18-10-6-15(7-11-18)17-16(20)14-19-8-4-2-3-5-9-19/h15H,2-14H2,1H3,(H,17,20). The molecule has 4 nitrogen and oxygen atoms in total. The third-order valence-electron chi connectivity index (χ3n) is 4.63. The van der Waals surface area contributed by atoms with Crippen molar-refractivity contribution in [3.05, 3.63) is 0 Å². The first-order valence-corrected chi connectivity index (χ1v) is 9.90. The molecule has 5 heteroatoms. The van der Waals surface area contributed by atoms with Crippen LogP contribution >= 0.6 is 11.8 Å². The second kappa shape index (κ2) is 9.70. The minimum Gasteiger partial charge on any atom is -0.352 e. The van der Waals surface area contributed by atoms with Crippen LogP contribution in [0.3, 0.4) is 0 Å². The maximum absolute atomic E-state index is 12.2. The molecule has 2 saturated heterocycles. The van der Waals surface area contributed by atoms with Crippen LogP contribution in [0.2, 0.25) is 0 Å². The van der Waals surface area contributed by atoms with Crippen LogP contribution in [-0.4, -0.2) is 73.0 Å². The normalized spacial score (nSPS) is 22.9. The highest BCUT2D eigenvalue weighted by molar-refractivity contribution is 7.98. The third-order valence-corrected chi connectivity index (χ3v) is 5.22. The summed E-state index contributed by atoms with van der Waals surface area (Å²) in [5.74, 6) is 1.45. The zero-order valence-electron chi connectivity index (χ0n) is 13.5. The first kappa shape index (κ1) is 17.1. The van der Waals surface area contributed by atoms with Crippen molar-refractivity contribution >= 4 is 17.7 Å². The van der Waals surface area contributed by atoms with Crippen LogP contribution in [0.1, 0.15) is 38.5 Å². The molecule has 0 aromatic carbocycles. The number of rotatable bonds is 6. The Balaban J connectivity index is 1.62. The molecule has 1 N–H and O–H groups in total. The van der Waals surface area contributed by atoms with Crippen molar-refractivity contribution in [1.29, 1.82) is 0 Å². The molecule has 2 aliphatic rings. The van der Waals surface area contributed by atoms with Crippen LogP contribution in [0, 0.1) is 0 Å². The van der Waals surface area contributed by atoms with Gasteiger partial charge in [-0.2, -0.15) is 11.8 Å². The van der Waals surface area contributed by atoms with Crippen molar-refractivity contribution in [3.8, 4) is 0 Å². The maximum atomic E-state index is 12.2. The van der Waals surface area contributed by atoms with Gasteiger partial charge in [-0.25, -0.2) is 0 Å². The highest BCUT2D eigenvalue weighted by Gasteiger charge is 2.21. The molecule has 0 saturated carbocycles. The number of amides is 1. The maximum Gasteiger partial charge on any atom is 0.234 e. The molecule has 1 amide bonds. The molecule has 122 valence electrons. The fourth-order valence-electron chi connectivity index (χ4n) is 3.29. The van der Waals surface area contributed by atoms with E-state index in [0.717, 1.165) is 39.0 Å². The van der Waals surface area contributed by atoms with E-state index in [1.807, 2.05) is 11.8 Å². The molecule has 0 atom stereocenters. The molecule has 0 radical (unpaired) electrons. The minimum absolute atomic E-state index is 0.236. The molecule has 0 spiro atoms. The number of hydrogen-bond donors (Lipinski definition) is 1. The lowest BCUT2D eigenvalue weighted by Gasteiger charge is -2.32. The van der Waals surface area contributed by atoms with E-state index in [1.54, 1.807) is 0 Å². The summed E-state index contributed by atoms with van der Waals surface area (Å²) < 4.78 is 0. The van der Waals surface area contributed by atoms with Crippen LogP contribution in [0.15, 0.2) is 0 Å². The van der Waals surface area contributed by atoms with Gasteiger partial charge in [-0.15, -0.1) is 0 Å². The Hall–Kier alpha value is -0.260. The summed E-state index contributed by atoms with van der Waals surface area (Å²) in [6, 6.07) is 0.398. The Labute approximate surface area is 134 Å². The van der Waals surface area contributed by atoms with E-state index in [4.69, 9.17) is 0 Å². The Morgan fingerprint density at radius 1 is 1.05 bits per heavy atom. The van der Waals surface area contributed by atoms with Crippen molar-refractivity contribution in [2.24, 2.45) is 0 Å². The summed E-state index contributed by atoms with van der Waals surface area (Å²) >= 11 is 1.91. The fourth-order valence-corrected chi connectivity index (χ4v) is 3.73. The number of likely N-dealkylation sites (tertiary alicyclic amines) is 2. The molecular formula is C16H31N3OS. The van der Waals surface area contributed by atoms with Gasteiger partial charge < -0.3 is 10.2 Å². The van der Waals surface area contributed by atoms with Gasteiger partial charge in [0.1, 0.15) is 0 Å². The van der Waals surface area contributed by atoms with Crippen LogP contribution in [0.25, 0.3) is 0 Å². The van der Waals surface area contributed by atoms with E-state index in [1.165, 1.54) is 38.0 Å². The first-order valence-electron chi connectivity index (χ1n) is 8.51. The second-order valence-corrected chi connectivity index (χ2v) is 7.35. The smallest absolute Gasteiger partial charge is 0.234 e. The fraction of sp³-hybridized carbons (Fsp3) is 0.938. The number of carbonyl (C=O) groups is 1. The zero-order valence-corrected chi connectivity index (χ0v) is 14.3. The summed E-state index contributed by atoms with van der Waals surface area (Å²) in [5, 5.41) is 3.25. The summed E-state index contributed by atoms with van der Waals surface area (Å²) in [4.78, 5) is 17.0. The van der Waals surface area contributed by atoms with E-state index in [-0.39, 0.29) is 5.91 Å². The number of nitrogens with one attached hydrogen (secondary N) is 1. The van der Waals surface area contributed by atoms with Crippen molar-refractivity contribution in [1.82, 2.24) is 15.1 Å². The van der Waals surface area contributed by atoms with Gasteiger partial charge in [0, 0.05) is 31.4 Å². The predicted molar refractivity (Wildman–Crippen MR) is 90.9 cm³/mol. The molecule has 2 fully saturated rings. The van der Waals surface area contributed by atoms with E-state index >= 15 is 0 Å². The Morgan fingerprint density at radius 3 is 2.33 bits per heavy atom. The predicted octanol–water partition coefficient (Wildman–Crippen LogP) is 1.81. The van der Waals surface area contributed by atoms with Crippen LogP contribution < -0.4 is 5.32 Å². The van der Waals surface area contributed by atoms with Gasteiger partial charge in [-0.3, -0.25) is 9.69 Å². The van der Waals surface area contributed by atoms with Crippen molar-refractivity contribution in [2.75, 3.05) is 51.3 Å². The SMILES string of the molecule is CSCCN1CCC(NC(=O)CN2CCCCCC2)CC1. The van der Waals surface area contributed by atoms with Crippen molar-refractivity contribution < 1.29 is 4.79 Å². The summed E-state index contributed by atoms with van der Waals surface area (Å²) in [6.45, 7) is 6.26. The Kier molecular flexibility index (Phi) is 7.89. The van der Waals surface area contributed by atoms with Crippen LogP contribution in [0.4, 0.5) is 0 Å². The van der Waals surface area contributed by atoms with Gasteiger partial charge in [0.05, 0.1) is 6.54 Å². The summed E-state index contributed by atoms with van der Waals surface area (Å²) in [6.07, 6.45) is 9.54. The number of thioether (sulfide) groups is 1. The monoisotopic (exact) mass is 313 g/mol. The Morgan fingerprint density at radius 2 is 1.71 bits per heavy atom. The molecule has 0 aliphatic carbocycles. The van der Waals surface area contributed by atoms with Crippen LogP contribution in [-0.2, 0) is 4.79 Å². The highest BCUT2D eigenvalue weighted by Crippen LogP contribution is 2.12. The van der Waals surface area contributed by atoms with Gasteiger partial charge >= 0.3 is 0 Å². The summed E-state index contributed by atoms with van der Waals surface area (Å²) in [5.41, 5.74) is 0. The van der Waals surface area contributed by atoms with Crippen molar-refractivity contribution in [3.63, 3.8) is 0 Å². The highest BCUT2D eigenvalue weighted by atomic mass is 32.2. The average Bonchev–Trinajstić information content (AvgIpc) is 2.75. The molecular weight excluding hydrogens is 282 g/mol. The van der Waals surface area contributed by atoms with Gasteiger partial charge in [0.25, 0.3) is 0 Å². The van der Waals surface area contributed by atoms with E-state index in [9.17, 15) is 4.79 Å². The molecule has 0 aromatic heterocycles. The first-order chi connectivity index (χ1) is 10.3. The van der Waals surface area contributed by atoms with Crippen molar-refractivity contribution in [2.45, 2.75) is 44.6 Å². The average molecular weight is 314 g/mol. The summed E-state index contributed by atoms with van der Waals surface area (Å²) in [7, 11) is 0. The number of nitrogens with zero attached hydrogens (tertiary/aromatic N) is 2. The largest absolute Gasteiger partial charge is 0.352 e. The molecule has 0 bridgehead atoms. The lowest BCUT2D eigenvalue weighted by molar-refractivity contribution is -0.123. The molecule has 2 rings (SSSR count). The van der Waals surface area contributed by atoms with E-state index < -0.39 is 0 Å². The quantitative estimate of drug-likeness (QED) is 0.811. The lowest BCUT2D eigenvalue weighted by Crippen LogP contribution is -2.47. The van der Waals surface area contributed by atoms with Gasteiger partial charge in [-0.05, 0) is 45.0 Å². The van der Waals surface area contributed by atoms with Gasteiger partial charge in [0.15, 0.2) is 0 Å². The molecule has 0 unspecified atom stereocenters. The molecule has 2 aliphatic heterocycles.